The Kier molecular flexibility index (Phi) is 4.38. The second-order valence-electron chi connectivity index (χ2n) is 5.51. The van der Waals surface area contributed by atoms with Crippen LogP contribution >= 0.6 is 15.9 Å². The highest BCUT2D eigenvalue weighted by atomic mass is 79.9. The number of nitrogens with one attached hydrogen (secondary N) is 1. The molecule has 0 bridgehead atoms. The minimum Gasteiger partial charge on any atom is -0.497 e. The molecular formula is C16H16BrN3O4S. The number of halogens is 1. The first-order valence-electron chi connectivity index (χ1n) is 7.26. The van der Waals surface area contributed by atoms with E-state index in [-0.39, 0.29) is 10.6 Å². The predicted octanol–water partition coefficient (Wildman–Crippen LogP) is 2.45. The largest absolute Gasteiger partial charge is 0.497 e. The number of aryl methyl sites for hydroxylation is 2. The van der Waals surface area contributed by atoms with Gasteiger partial charge in [-0.3, -0.25) is 13.9 Å². The van der Waals surface area contributed by atoms with Crippen molar-refractivity contribution in [1.29, 1.82) is 0 Å². The Morgan fingerprint density at radius 1 is 1.04 bits per heavy atom. The standard InChI is InChI=1S/C16H16BrN3O4S/c1-19-13-8-12(17)15(9-14(13)20(2)16(19)21)25(22,23)18-10-4-6-11(24-3)7-5-10/h4-9,18H,1-3H3. The zero-order valence-electron chi connectivity index (χ0n) is 13.8. The maximum Gasteiger partial charge on any atom is 0.328 e. The Morgan fingerprint density at radius 3 is 2.16 bits per heavy atom. The topological polar surface area (TPSA) is 82.3 Å². The third-order valence-corrected chi connectivity index (χ3v) is 6.30. The summed E-state index contributed by atoms with van der Waals surface area (Å²) >= 11 is 3.29. The van der Waals surface area contributed by atoms with Crippen LogP contribution in [0.1, 0.15) is 0 Å². The first kappa shape index (κ1) is 17.6. The number of nitrogens with zero attached hydrogens (tertiary/aromatic N) is 2. The molecule has 0 saturated carbocycles. The fourth-order valence-electron chi connectivity index (χ4n) is 2.58. The molecule has 0 amide bonds. The number of sulfonamides is 1. The molecule has 1 aromatic heterocycles. The Bertz CT molecular complexity index is 1110. The van der Waals surface area contributed by atoms with Gasteiger partial charge in [-0.05, 0) is 52.3 Å². The van der Waals surface area contributed by atoms with Crippen molar-refractivity contribution in [3.63, 3.8) is 0 Å². The number of fused-ring (bicyclic) bond motifs is 1. The van der Waals surface area contributed by atoms with Crippen molar-refractivity contribution in [3.8, 4) is 5.75 Å². The molecule has 0 aliphatic carbocycles. The normalized spacial score (nSPS) is 11.7. The molecule has 0 saturated heterocycles. The van der Waals surface area contributed by atoms with Crippen molar-refractivity contribution >= 4 is 42.7 Å². The van der Waals surface area contributed by atoms with E-state index >= 15 is 0 Å². The van der Waals surface area contributed by atoms with Gasteiger partial charge in [-0.2, -0.15) is 0 Å². The average molecular weight is 426 g/mol. The molecule has 0 radical (unpaired) electrons. The molecule has 0 fully saturated rings. The number of rotatable bonds is 4. The van der Waals surface area contributed by atoms with Crippen LogP contribution in [-0.2, 0) is 24.1 Å². The lowest BCUT2D eigenvalue weighted by Crippen LogP contribution is -2.19. The fourth-order valence-corrected chi connectivity index (χ4v) is 4.69. The van der Waals surface area contributed by atoms with Crippen LogP contribution in [0.3, 0.4) is 0 Å². The minimum absolute atomic E-state index is 0.0528. The maximum absolute atomic E-state index is 12.8. The van der Waals surface area contributed by atoms with Crippen molar-refractivity contribution in [1.82, 2.24) is 9.13 Å². The summed E-state index contributed by atoms with van der Waals surface area (Å²) in [4.78, 5) is 12.1. The smallest absolute Gasteiger partial charge is 0.328 e. The first-order chi connectivity index (χ1) is 11.7. The van der Waals surface area contributed by atoms with Crippen LogP contribution in [0.2, 0.25) is 0 Å². The van der Waals surface area contributed by atoms with Crippen LogP contribution in [0, 0.1) is 0 Å². The van der Waals surface area contributed by atoms with Gasteiger partial charge in [0, 0.05) is 24.3 Å². The van der Waals surface area contributed by atoms with Crippen molar-refractivity contribution in [2.75, 3.05) is 11.8 Å². The van der Waals surface area contributed by atoms with Gasteiger partial charge in [-0.1, -0.05) is 0 Å². The van der Waals surface area contributed by atoms with Gasteiger partial charge in [0.05, 0.1) is 18.1 Å². The molecule has 1 N–H and O–H groups in total. The predicted molar refractivity (Wildman–Crippen MR) is 99.7 cm³/mol. The number of imidazole rings is 1. The third kappa shape index (κ3) is 3.05. The summed E-state index contributed by atoms with van der Waals surface area (Å²) in [6.07, 6.45) is 0. The average Bonchev–Trinajstić information content (AvgIpc) is 2.78. The van der Waals surface area contributed by atoms with Gasteiger partial charge in [0.2, 0.25) is 0 Å². The Morgan fingerprint density at radius 2 is 1.60 bits per heavy atom. The van der Waals surface area contributed by atoms with Gasteiger partial charge in [-0.25, -0.2) is 13.2 Å². The molecule has 0 unspecified atom stereocenters. The lowest BCUT2D eigenvalue weighted by atomic mass is 10.3. The Hall–Kier alpha value is -2.26. The van der Waals surface area contributed by atoms with E-state index in [9.17, 15) is 13.2 Å². The van der Waals surface area contributed by atoms with E-state index in [0.717, 1.165) is 0 Å². The third-order valence-electron chi connectivity index (χ3n) is 3.96. The summed E-state index contributed by atoms with van der Waals surface area (Å²) in [5.41, 5.74) is 1.36. The number of methoxy groups -OCH3 is 1. The minimum atomic E-state index is -3.84. The van der Waals surface area contributed by atoms with Crippen molar-refractivity contribution < 1.29 is 13.2 Å². The summed E-state index contributed by atoms with van der Waals surface area (Å²) in [6.45, 7) is 0. The van der Waals surface area contributed by atoms with E-state index in [0.29, 0.717) is 26.9 Å². The quantitative estimate of drug-likeness (QED) is 0.695. The molecule has 2 aromatic carbocycles. The molecule has 7 nitrogen and oxygen atoms in total. The van der Waals surface area contributed by atoms with Gasteiger partial charge < -0.3 is 4.74 Å². The van der Waals surface area contributed by atoms with E-state index in [4.69, 9.17) is 4.74 Å². The molecule has 0 spiro atoms. The monoisotopic (exact) mass is 425 g/mol. The molecule has 9 heteroatoms. The highest BCUT2D eigenvalue weighted by Gasteiger charge is 2.21. The van der Waals surface area contributed by atoms with Crippen molar-refractivity contribution in [3.05, 3.63) is 51.4 Å². The van der Waals surface area contributed by atoms with E-state index in [1.54, 1.807) is 44.4 Å². The molecular weight excluding hydrogens is 410 g/mol. The highest BCUT2D eigenvalue weighted by Crippen LogP contribution is 2.29. The number of benzene rings is 2. The number of ether oxygens (including phenoxy) is 1. The molecule has 3 aromatic rings. The number of aromatic nitrogens is 2. The number of hydrogen-bond donors (Lipinski definition) is 1. The van der Waals surface area contributed by atoms with Gasteiger partial charge in [0.1, 0.15) is 10.6 Å². The first-order valence-corrected chi connectivity index (χ1v) is 9.54. The van der Waals surface area contributed by atoms with Crippen LogP contribution in [0.5, 0.6) is 5.75 Å². The zero-order valence-corrected chi connectivity index (χ0v) is 16.2. The van der Waals surface area contributed by atoms with Crippen molar-refractivity contribution in [2.24, 2.45) is 14.1 Å². The maximum atomic E-state index is 12.8. The summed E-state index contributed by atoms with van der Waals surface area (Å²) in [5, 5.41) is 0. The van der Waals surface area contributed by atoms with Gasteiger partial charge in [0.25, 0.3) is 10.0 Å². The molecule has 3 rings (SSSR count). The summed E-state index contributed by atoms with van der Waals surface area (Å²) < 4.78 is 36.4. The fraction of sp³-hybridized carbons (Fsp3) is 0.188. The second kappa shape index (κ2) is 6.23. The van der Waals surface area contributed by atoms with E-state index in [2.05, 4.69) is 20.7 Å². The number of anilines is 1. The van der Waals surface area contributed by atoms with Gasteiger partial charge in [-0.15, -0.1) is 0 Å². The Labute approximate surface area is 153 Å². The highest BCUT2D eigenvalue weighted by molar-refractivity contribution is 9.10. The zero-order chi connectivity index (χ0) is 18.4. The SMILES string of the molecule is COc1ccc(NS(=O)(=O)c2cc3c(cc2Br)n(C)c(=O)n3C)cc1. The Balaban J connectivity index is 2.08. The lowest BCUT2D eigenvalue weighted by Gasteiger charge is -2.11. The van der Waals surface area contributed by atoms with E-state index < -0.39 is 10.0 Å². The van der Waals surface area contributed by atoms with Crippen LogP contribution < -0.4 is 15.1 Å². The number of hydrogen-bond acceptors (Lipinski definition) is 4. The molecule has 132 valence electrons. The summed E-state index contributed by atoms with van der Waals surface area (Å²) in [7, 11) is 0.942. The van der Waals surface area contributed by atoms with Crippen molar-refractivity contribution in [2.45, 2.75) is 4.90 Å². The summed E-state index contributed by atoms with van der Waals surface area (Å²) in [6, 6.07) is 9.65. The van der Waals surface area contributed by atoms with Crippen LogP contribution in [0.4, 0.5) is 5.69 Å². The van der Waals surface area contributed by atoms with E-state index in [1.807, 2.05) is 0 Å². The summed E-state index contributed by atoms with van der Waals surface area (Å²) in [5.74, 6) is 0.629. The van der Waals surface area contributed by atoms with Crippen LogP contribution in [-0.4, -0.2) is 24.7 Å². The second-order valence-corrected chi connectivity index (χ2v) is 8.01. The molecule has 25 heavy (non-hydrogen) atoms. The lowest BCUT2D eigenvalue weighted by molar-refractivity contribution is 0.415. The van der Waals surface area contributed by atoms with Gasteiger partial charge >= 0.3 is 5.69 Å². The molecule has 1 heterocycles. The molecule has 0 atom stereocenters. The molecule has 0 aliphatic heterocycles. The van der Waals surface area contributed by atoms with E-state index in [1.165, 1.54) is 22.3 Å². The van der Waals surface area contributed by atoms with Crippen LogP contribution in [0.25, 0.3) is 11.0 Å². The molecule has 0 aliphatic rings. The van der Waals surface area contributed by atoms with Gasteiger partial charge in [0.15, 0.2) is 0 Å². The van der Waals surface area contributed by atoms with Crippen LogP contribution in [0.15, 0.2) is 50.6 Å².